The van der Waals surface area contributed by atoms with Crippen LogP contribution in [0, 0.1) is 23.4 Å². The number of ether oxygens (including phenoxy) is 2. The first-order valence-electron chi connectivity index (χ1n) is 9.69. The lowest BCUT2D eigenvalue weighted by molar-refractivity contribution is 0.198. The van der Waals surface area contributed by atoms with Gasteiger partial charge in [0.2, 0.25) is 5.82 Å². The lowest BCUT2D eigenvalue weighted by Gasteiger charge is -2.29. The highest BCUT2D eigenvalue weighted by Gasteiger charge is 2.27. The maximum absolute atomic E-state index is 14.4. The van der Waals surface area contributed by atoms with Crippen molar-refractivity contribution < 1.29 is 22.6 Å². The highest BCUT2D eigenvalue weighted by molar-refractivity contribution is 5.49. The van der Waals surface area contributed by atoms with Crippen LogP contribution in [0.2, 0.25) is 0 Å². The van der Waals surface area contributed by atoms with Gasteiger partial charge in [-0.2, -0.15) is 4.39 Å². The van der Waals surface area contributed by atoms with Crippen molar-refractivity contribution in [1.82, 2.24) is 0 Å². The van der Waals surface area contributed by atoms with Crippen LogP contribution in [0.15, 0.2) is 36.9 Å². The van der Waals surface area contributed by atoms with Crippen molar-refractivity contribution in [3.63, 3.8) is 0 Å². The fraction of sp³-hybridized carbons (Fsp3) is 0.391. The molecule has 1 fully saturated rings. The number of hydrogen-bond acceptors (Lipinski definition) is 2. The van der Waals surface area contributed by atoms with Gasteiger partial charge in [-0.3, -0.25) is 0 Å². The molecule has 150 valence electrons. The second-order valence-electron chi connectivity index (χ2n) is 7.13. The van der Waals surface area contributed by atoms with E-state index in [0.29, 0.717) is 36.0 Å². The Kier molecular flexibility index (Phi) is 6.65. The largest absolute Gasteiger partial charge is 0.493 e. The van der Waals surface area contributed by atoms with Crippen LogP contribution in [-0.2, 0) is 0 Å². The first-order valence-corrected chi connectivity index (χ1v) is 9.69. The fourth-order valence-corrected chi connectivity index (χ4v) is 3.75. The number of benzene rings is 2. The normalized spacial score (nSPS) is 19.3. The van der Waals surface area contributed by atoms with Crippen LogP contribution in [0.4, 0.5) is 13.2 Å². The highest BCUT2D eigenvalue weighted by Crippen LogP contribution is 2.38. The maximum atomic E-state index is 14.4. The molecule has 1 saturated carbocycles. The van der Waals surface area contributed by atoms with Crippen molar-refractivity contribution in [3.05, 3.63) is 65.5 Å². The average molecular weight is 390 g/mol. The van der Waals surface area contributed by atoms with Gasteiger partial charge in [0.05, 0.1) is 13.2 Å². The molecular formula is C23H25F3O2. The maximum Gasteiger partial charge on any atom is 0.200 e. The van der Waals surface area contributed by atoms with E-state index in [0.717, 1.165) is 25.7 Å². The molecule has 0 N–H and O–H groups in total. The molecule has 0 atom stereocenters. The zero-order chi connectivity index (χ0) is 20.1. The first-order chi connectivity index (χ1) is 13.5. The molecule has 1 aliphatic rings. The Morgan fingerprint density at radius 3 is 2.39 bits per heavy atom. The lowest BCUT2D eigenvalue weighted by Crippen LogP contribution is -2.20. The van der Waals surface area contributed by atoms with Gasteiger partial charge in [0.1, 0.15) is 11.6 Å². The SMILES string of the molecule is C=Cc1ccc(OCC2CCC(c3ccc(OCC)c(F)c3F)CC2)cc1F. The van der Waals surface area contributed by atoms with Crippen LogP contribution < -0.4 is 9.47 Å². The molecule has 0 unspecified atom stereocenters. The van der Waals surface area contributed by atoms with Gasteiger partial charge < -0.3 is 9.47 Å². The van der Waals surface area contributed by atoms with Gasteiger partial charge in [-0.15, -0.1) is 0 Å². The van der Waals surface area contributed by atoms with Crippen LogP contribution >= 0.6 is 0 Å². The van der Waals surface area contributed by atoms with Gasteiger partial charge in [-0.05, 0) is 68.2 Å². The molecule has 0 bridgehead atoms. The van der Waals surface area contributed by atoms with E-state index < -0.39 is 11.6 Å². The van der Waals surface area contributed by atoms with Crippen LogP contribution in [-0.4, -0.2) is 13.2 Å². The monoisotopic (exact) mass is 390 g/mol. The molecule has 3 rings (SSSR count). The summed E-state index contributed by atoms with van der Waals surface area (Å²) in [7, 11) is 0. The third-order valence-electron chi connectivity index (χ3n) is 5.34. The van der Waals surface area contributed by atoms with Gasteiger partial charge in [0.15, 0.2) is 11.6 Å². The molecule has 2 nitrogen and oxygen atoms in total. The lowest BCUT2D eigenvalue weighted by atomic mass is 9.79. The summed E-state index contributed by atoms with van der Waals surface area (Å²) in [5.74, 6) is -1.31. The third-order valence-corrected chi connectivity index (χ3v) is 5.34. The van der Waals surface area contributed by atoms with E-state index in [4.69, 9.17) is 9.47 Å². The zero-order valence-corrected chi connectivity index (χ0v) is 16.0. The van der Waals surface area contributed by atoms with E-state index in [1.165, 1.54) is 18.2 Å². The molecule has 0 spiro atoms. The van der Waals surface area contributed by atoms with Gasteiger partial charge in [-0.25, -0.2) is 8.78 Å². The van der Waals surface area contributed by atoms with Gasteiger partial charge in [0, 0.05) is 11.6 Å². The summed E-state index contributed by atoms with van der Waals surface area (Å²) in [6, 6.07) is 7.87. The number of hydrogen-bond donors (Lipinski definition) is 0. The Morgan fingerprint density at radius 2 is 1.75 bits per heavy atom. The number of rotatable bonds is 7. The summed E-state index contributed by atoms with van der Waals surface area (Å²) in [6.45, 7) is 6.07. The Balaban J connectivity index is 1.55. The van der Waals surface area contributed by atoms with Crippen molar-refractivity contribution in [1.29, 1.82) is 0 Å². The standard InChI is InChI=1S/C23H25F3O2/c1-3-16-9-10-18(13-20(16)24)28-14-15-5-7-17(8-6-15)19-11-12-21(27-4-2)23(26)22(19)25/h3,9-13,15,17H,1,4-8,14H2,2H3. The predicted molar refractivity (Wildman–Crippen MR) is 104 cm³/mol. The average Bonchev–Trinajstić information content (AvgIpc) is 2.71. The Morgan fingerprint density at radius 1 is 1.00 bits per heavy atom. The molecule has 28 heavy (non-hydrogen) atoms. The molecule has 0 aromatic heterocycles. The van der Waals surface area contributed by atoms with E-state index >= 15 is 0 Å². The Labute approximate surface area is 164 Å². The van der Waals surface area contributed by atoms with Crippen molar-refractivity contribution in [2.75, 3.05) is 13.2 Å². The van der Waals surface area contributed by atoms with E-state index in [9.17, 15) is 13.2 Å². The predicted octanol–water partition coefficient (Wildman–Crippen LogP) is 6.50. The van der Waals surface area contributed by atoms with Crippen LogP contribution in [0.1, 0.15) is 49.7 Å². The topological polar surface area (TPSA) is 18.5 Å². The van der Waals surface area contributed by atoms with Crippen LogP contribution in [0.3, 0.4) is 0 Å². The highest BCUT2D eigenvalue weighted by atomic mass is 19.2. The molecule has 5 heteroatoms. The van der Waals surface area contributed by atoms with Crippen molar-refractivity contribution in [2.24, 2.45) is 5.92 Å². The van der Waals surface area contributed by atoms with Gasteiger partial charge >= 0.3 is 0 Å². The summed E-state index contributed by atoms with van der Waals surface area (Å²) < 4.78 is 53.1. The molecule has 0 radical (unpaired) electrons. The fourth-order valence-electron chi connectivity index (χ4n) is 3.75. The summed E-state index contributed by atoms with van der Waals surface area (Å²) in [5.41, 5.74) is 0.861. The molecular weight excluding hydrogens is 365 g/mol. The van der Waals surface area contributed by atoms with Crippen molar-refractivity contribution in [3.8, 4) is 11.5 Å². The molecule has 0 aliphatic heterocycles. The van der Waals surface area contributed by atoms with E-state index in [1.807, 2.05) is 0 Å². The number of halogens is 3. The molecule has 2 aromatic carbocycles. The molecule has 2 aromatic rings. The molecule has 0 heterocycles. The minimum absolute atomic E-state index is 0.00857. The van der Waals surface area contributed by atoms with Crippen molar-refractivity contribution >= 4 is 6.08 Å². The van der Waals surface area contributed by atoms with Crippen LogP contribution in [0.25, 0.3) is 6.08 Å². The van der Waals surface area contributed by atoms with Gasteiger partial charge in [-0.1, -0.05) is 18.7 Å². The quantitative estimate of drug-likeness (QED) is 0.537. The second kappa shape index (κ2) is 9.18. The zero-order valence-electron chi connectivity index (χ0n) is 16.0. The summed E-state index contributed by atoms with van der Waals surface area (Å²) >= 11 is 0. The molecule has 0 amide bonds. The first kappa shape index (κ1) is 20.3. The molecule has 0 saturated heterocycles. The van der Waals surface area contributed by atoms with Crippen LogP contribution in [0.5, 0.6) is 11.5 Å². The summed E-state index contributed by atoms with van der Waals surface area (Å²) in [5, 5.41) is 0. The Hall–Kier alpha value is -2.43. The minimum Gasteiger partial charge on any atom is -0.493 e. The third kappa shape index (κ3) is 4.51. The van der Waals surface area contributed by atoms with E-state index in [1.54, 1.807) is 25.1 Å². The van der Waals surface area contributed by atoms with E-state index in [2.05, 4.69) is 6.58 Å². The van der Waals surface area contributed by atoms with E-state index in [-0.39, 0.29) is 17.5 Å². The van der Waals surface area contributed by atoms with Gasteiger partial charge in [0.25, 0.3) is 0 Å². The molecule has 1 aliphatic carbocycles. The smallest absolute Gasteiger partial charge is 0.200 e. The minimum atomic E-state index is -0.908. The second-order valence-corrected chi connectivity index (χ2v) is 7.13. The summed E-state index contributed by atoms with van der Waals surface area (Å²) in [4.78, 5) is 0. The summed E-state index contributed by atoms with van der Waals surface area (Å²) in [6.07, 6.45) is 4.70. The van der Waals surface area contributed by atoms with Crippen molar-refractivity contribution in [2.45, 2.75) is 38.5 Å². The Bertz CT molecular complexity index is 827.